The summed E-state index contributed by atoms with van der Waals surface area (Å²) in [6.45, 7) is 10.8. The van der Waals surface area contributed by atoms with Gasteiger partial charge < -0.3 is 14.5 Å². The molecule has 3 aromatic rings. The van der Waals surface area contributed by atoms with Crippen LogP contribution in [-0.4, -0.2) is 32.5 Å². The van der Waals surface area contributed by atoms with E-state index in [9.17, 15) is 4.79 Å². The molecule has 0 aliphatic carbocycles. The molecule has 0 spiro atoms. The van der Waals surface area contributed by atoms with Crippen molar-refractivity contribution in [2.45, 2.75) is 26.8 Å². The van der Waals surface area contributed by atoms with Crippen LogP contribution in [0.1, 0.15) is 40.0 Å². The minimum absolute atomic E-state index is 0.438. The van der Waals surface area contributed by atoms with Gasteiger partial charge in [0.2, 0.25) is 0 Å². The van der Waals surface area contributed by atoms with Crippen molar-refractivity contribution in [3.8, 4) is 11.5 Å². The summed E-state index contributed by atoms with van der Waals surface area (Å²) >= 11 is 0. The number of quaternary nitrogens is 1. The molecule has 1 atom stereocenters. The van der Waals surface area contributed by atoms with Crippen LogP contribution in [0.3, 0.4) is 0 Å². The molecule has 1 N–H and O–H groups in total. The van der Waals surface area contributed by atoms with Crippen LogP contribution in [-0.2, 0) is 0 Å². The second kappa shape index (κ2) is 9.36. The summed E-state index contributed by atoms with van der Waals surface area (Å²) in [6.07, 6.45) is 0.934. The topological polar surface area (TPSA) is 34.0 Å². The summed E-state index contributed by atoms with van der Waals surface area (Å²) in [5.41, 5.74) is 5.77. The fourth-order valence-corrected chi connectivity index (χ4v) is 4.69. The number of para-hydroxylation sites is 1. The third kappa shape index (κ3) is 4.80. The second-order valence-corrected chi connectivity index (χ2v) is 8.47. The second-order valence-electron chi connectivity index (χ2n) is 8.47. The van der Waals surface area contributed by atoms with Crippen LogP contribution in [0.25, 0.3) is 0 Å². The number of piperazine rings is 1. The number of ether oxygens (including phenoxy) is 1. The van der Waals surface area contributed by atoms with Crippen molar-refractivity contribution in [1.82, 2.24) is 0 Å². The molecule has 4 heteroatoms. The van der Waals surface area contributed by atoms with Crippen molar-refractivity contribution >= 4 is 12.0 Å². The van der Waals surface area contributed by atoms with E-state index in [2.05, 4.69) is 49.9 Å². The predicted molar refractivity (Wildman–Crippen MR) is 126 cm³/mol. The molecule has 0 unspecified atom stereocenters. The smallest absolute Gasteiger partial charge is 0.150 e. The standard InChI is InChI=1S/C27H30N2O2/c1-20-17-23(19-30)18-21(2)27(20)29-15-13-28(14-16-29)22(3)24-9-11-26(12-10-24)31-25-7-5-4-6-8-25/h4-12,17-19,22H,13-16H2,1-3H3/p+1/t22-/m1/s1. The fraction of sp³-hybridized carbons (Fsp3) is 0.296. The van der Waals surface area contributed by atoms with E-state index in [4.69, 9.17) is 4.74 Å². The van der Waals surface area contributed by atoms with Gasteiger partial charge in [-0.15, -0.1) is 0 Å². The molecule has 0 aromatic heterocycles. The average molecular weight is 416 g/mol. The highest BCUT2D eigenvalue weighted by atomic mass is 16.5. The van der Waals surface area contributed by atoms with Gasteiger partial charge in [0.15, 0.2) is 0 Å². The third-order valence-corrected chi connectivity index (χ3v) is 6.34. The number of hydrogen-bond donors (Lipinski definition) is 1. The van der Waals surface area contributed by atoms with E-state index in [1.807, 2.05) is 42.5 Å². The van der Waals surface area contributed by atoms with E-state index in [-0.39, 0.29) is 0 Å². The summed E-state index contributed by atoms with van der Waals surface area (Å²) < 4.78 is 5.93. The fourth-order valence-electron chi connectivity index (χ4n) is 4.69. The van der Waals surface area contributed by atoms with Crippen molar-refractivity contribution in [3.05, 3.63) is 89.0 Å². The Balaban J connectivity index is 1.38. The molecule has 0 bridgehead atoms. The number of hydrogen-bond acceptors (Lipinski definition) is 3. The van der Waals surface area contributed by atoms with Crippen LogP contribution in [0.15, 0.2) is 66.7 Å². The largest absolute Gasteiger partial charge is 0.457 e. The van der Waals surface area contributed by atoms with E-state index < -0.39 is 0 Å². The van der Waals surface area contributed by atoms with Crippen molar-refractivity contribution in [3.63, 3.8) is 0 Å². The molecule has 4 nitrogen and oxygen atoms in total. The van der Waals surface area contributed by atoms with Crippen molar-refractivity contribution in [2.24, 2.45) is 0 Å². The lowest BCUT2D eigenvalue weighted by atomic mass is 10.0. The van der Waals surface area contributed by atoms with Gasteiger partial charge in [-0.1, -0.05) is 18.2 Å². The summed E-state index contributed by atoms with van der Waals surface area (Å²) in [5.74, 6) is 1.73. The zero-order valence-electron chi connectivity index (χ0n) is 18.6. The number of carbonyl (C=O) groups excluding carboxylic acids is 1. The first-order valence-corrected chi connectivity index (χ1v) is 11.0. The van der Waals surface area contributed by atoms with Gasteiger partial charge in [-0.05, 0) is 80.4 Å². The van der Waals surface area contributed by atoms with Crippen LogP contribution in [0, 0.1) is 13.8 Å². The molecule has 4 rings (SSSR count). The Morgan fingerprint density at radius 2 is 1.48 bits per heavy atom. The maximum absolute atomic E-state index is 11.1. The Kier molecular flexibility index (Phi) is 6.38. The maximum atomic E-state index is 11.1. The number of nitrogens with one attached hydrogen (secondary N) is 1. The van der Waals surface area contributed by atoms with Gasteiger partial charge in [0.05, 0.1) is 26.2 Å². The van der Waals surface area contributed by atoms with Crippen LogP contribution < -0.4 is 14.5 Å². The molecule has 1 aliphatic heterocycles. The van der Waals surface area contributed by atoms with Crippen molar-refractivity contribution < 1.29 is 14.4 Å². The molecule has 0 amide bonds. The number of aryl methyl sites for hydroxylation is 2. The van der Waals surface area contributed by atoms with Crippen molar-refractivity contribution in [1.29, 1.82) is 0 Å². The lowest BCUT2D eigenvalue weighted by molar-refractivity contribution is -0.930. The highest BCUT2D eigenvalue weighted by molar-refractivity contribution is 5.78. The van der Waals surface area contributed by atoms with Crippen LogP contribution in [0.2, 0.25) is 0 Å². The first kappa shape index (κ1) is 21.1. The molecule has 1 heterocycles. The van der Waals surface area contributed by atoms with E-state index in [1.54, 1.807) is 4.90 Å². The minimum atomic E-state index is 0.438. The van der Waals surface area contributed by atoms with Gasteiger partial charge in [0.1, 0.15) is 23.8 Å². The minimum Gasteiger partial charge on any atom is -0.457 e. The lowest BCUT2D eigenvalue weighted by Crippen LogP contribution is -3.14. The van der Waals surface area contributed by atoms with Gasteiger partial charge in [0.25, 0.3) is 0 Å². The van der Waals surface area contributed by atoms with Crippen LogP contribution in [0.5, 0.6) is 11.5 Å². The molecular weight excluding hydrogens is 384 g/mol. The van der Waals surface area contributed by atoms with Gasteiger partial charge >= 0.3 is 0 Å². The zero-order chi connectivity index (χ0) is 21.8. The SMILES string of the molecule is Cc1cc(C=O)cc(C)c1N1CC[NH+]([C@H](C)c2ccc(Oc3ccccc3)cc2)CC1. The van der Waals surface area contributed by atoms with Gasteiger partial charge in [-0.25, -0.2) is 0 Å². The van der Waals surface area contributed by atoms with Crippen molar-refractivity contribution in [2.75, 3.05) is 31.1 Å². The number of carbonyl (C=O) groups is 1. The highest BCUT2D eigenvalue weighted by Crippen LogP contribution is 2.27. The first-order chi connectivity index (χ1) is 15.0. The number of nitrogens with zero attached hydrogens (tertiary/aromatic N) is 1. The van der Waals surface area contributed by atoms with E-state index >= 15 is 0 Å². The molecular formula is C27H31N2O2+. The Morgan fingerprint density at radius 1 is 0.903 bits per heavy atom. The van der Waals surface area contributed by atoms with Crippen LogP contribution in [0.4, 0.5) is 5.69 Å². The maximum Gasteiger partial charge on any atom is 0.150 e. The Morgan fingerprint density at radius 3 is 2.06 bits per heavy atom. The normalized spacial score (nSPS) is 15.5. The van der Waals surface area contributed by atoms with E-state index in [1.165, 1.54) is 22.4 Å². The molecule has 1 fully saturated rings. The van der Waals surface area contributed by atoms with Gasteiger partial charge in [-0.3, -0.25) is 4.79 Å². The summed E-state index contributed by atoms with van der Waals surface area (Å²) in [4.78, 5) is 15.2. The first-order valence-electron chi connectivity index (χ1n) is 11.0. The number of anilines is 1. The number of rotatable bonds is 6. The molecule has 1 aliphatic rings. The summed E-state index contributed by atoms with van der Waals surface area (Å²) in [6, 6.07) is 22.8. The molecule has 1 saturated heterocycles. The number of benzene rings is 3. The Bertz CT molecular complexity index is 1000. The summed E-state index contributed by atoms with van der Waals surface area (Å²) in [5, 5.41) is 0. The average Bonchev–Trinajstić information content (AvgIpc) is 2.80. The quantitative estimate of drug-likeness (QED) is 0.607. The molecule has 0 saturated carbocycles. The molecule has 31 heavy (non-hydrogen) atoms. The van der Waals surface area contributed by atoms with E-state index in [0.29, 0.717) is 6.04 Å². The Hall–Kier alpha value is -3.11. The monoisotopic (exact) mass is 415 g/mol. The van der Waals surface area contributed by atoms with Gasteiger partial charge in [-0.2, -0.15) is 0 Å². The van der Waals surface area contributed by atoms with E-state index in [0.717, 1.165) is 49.5 Å². The summed E-state index contributed by atoms with van der Waals surface area (Å²) in [7, 11) is 0. The molecule has 3 aromatic carbocycles. The highest BCUT2D eigenvalue weighted by Gasteiger charge is 2.27. The third-order valence-electron chi connectivity index (χ3n) is 6.34. The van der Waals surface area contributed by atoms with Gasteiger partial charge in [0, 0.05) is 16.8 Å². The number of aldehydes is 1. The zero-order valence-corrected chi connectivity index (χ0v) is 18.6. The Labute approximate surface area is 185 Å². The lowest BCUT2D eigenvalue weighted by Gasteiger charge is -2.38. The predicted octanol–water partition coefficient (Wildman–Crippen LogP) is 4.37. The molecule has 0 radical (unpaired) electrons. The van der Waals surface area contributed by atoms with Crippen LogP contribution >= 0.6 is 0 Å². The molecule has 160 valence electrons.